The molecular weight excluding hydrogens is 282 g/mol. The Morgan fingerprint density at radius 3 is 2.82 bits per heavy atom. The van der Waals surface area contributed by atoms with E-state index in [0.717, 1.165) is 12.1 Å². The minimum absolute atomic E-state index is 0.0625. The van der Waals surface area contributed by atoms with Crippen LogP contribution in [0.3, 0.4) is 0 Å². The van der Waals surface area contributed by atoms with Crippen molar-refractivity contribution in [2.45, 2.75) is 31.4 Å². The Morgan fingerprint density at radius 1 is 1.45 bits per heavy atom. The normalized spacial score (nSPS) is 19.8. The van der Waals surface area contributed by atoms with Crippen LogP contribution in [0.25, 0.3) is 0 Å². The van der Waals surface area contributed by atoms with E-state index in [4.69, 9.17) is 10.5 Å². The molecule has 1 fully saturated rings. The number of benzene rings is 1. The van der Waals surface area contributed by atoms with Gasteiger partial charge in [0.05, 0.1) is 12.5 Å². The molecule has 0 saturated carbocycles. The molecule has 0 radical (unpaired) electrons. The molecule has 1 aromatic carbocycles. The summed E-state index contributed by atoms with van der Waals surface area (Å²) in [6.07, 6.45) is 1.37. The summed E-state index contributed by atoms with van der Waals surface area (Å²) in [5.41, 5.74) is 6.37. The second kappa shape index (κ2) is 7.91. The Labute approximate surface area is 130 Å². The van der Waals surface area contributed by atoms with E-state index in [1.54, 1.807) is 4.90 Å². The van der Waals surface area contributed by atoms with Crippen LogP contribution in [-0.2, 0) is 14.3 Å². The summed E-state index contributed by atoms with van der Waals surface area (Å²) in [6.45, 7) is 0.956. The van der Waals surface area contributed by atoms with E-state index in [0.29, 0.717) is 13.0 Å². The van der Waals surface area contributed by atoms with Crippen LogP contribution in [0.1, 0.15) is 19.3 Å². The van der Waals surface area contributed by atoms with Crippen molar-refractivity contribution in [3.63, 3.8) is 0 Å². The van der Waals surface area contributed by atoms with Crippen molar-refractivity contribution in [2.24, 2.45) is 5.73 Å². The number of carbonyl (C=O) groups is 2. The molecule has 6 heteroatoms. The van der Waals surface area contributed by atoms with Crippen LogP contribution in [-0.4, -0.2) is 44.2 Å². The van der Waals surface area contributed by atoms with Crippen LogP contribution in [0.5, 0.6) is 0 Å². The van der Waals surface area contributed by atoms with Crippen LogP contribution in [0, 0.1) is 0 Å². The molecule has 1 heterocycles. The number of methoxy groups -OCH3 is 1. The van der Waals surface area contributed by atoms with E-state index in [1.165, 1.54) is 7.11 Å². The quantitative estimate of drug-likeness (QED) is 0.808. The standard InChI is InChI=1S/C16H23N3O3/c1-22-13(11-17)10-15(20)18-14-8-5-9-19(16(14)21)12-6-3-2-4-7-12/h2-4,6-7,13-14H,5,8-11,17H2,1H3,(H,18,20). The summed E-state index contributed by atoms with van der Waals surface area (Å²) in [6, 6.07) is 9.03. The molecular formula is C16H23N3O3. The lowest BCUT2D eigenvalue weighted by Crippen LogP contribution is -2.53. The monoisotopic (exact) mass is 305 g/mol. The van der Waals surface area contributed by atoms with Gasteiger partial charge in [0.2, 0.25) is 11.8 Å². The third-order valence-electron chi connectivity index (χ3n) is 3.85. The number of hydrogen-bond acceptors (Lipinski definition) is 4. The summed E-state index contributed by atoms with van der Waals surface area (Å²) in [4.78, 5) is 26.3. The number of nitrogens with zero attached hydrogens (tertiary/aromatic N) is 1. The molecule has 2 atom stereocenters. The Kier molecular flexibility index (Phi) is 5.91. The number of piperidine rings is 1. The van der Waals surface area contributed by atoms with Gasteiger partial charge >= 0.3 is 0 Å². The van der Waals surface area contributed by atoms with Gasteiger partial charge in [0.1, 0.15) is 6.04 Å². The van der Waals surface area contributed by atoms with E-state index in [1.807, 2.05) is 30.3 Å². The van der Waals surface area contributed by atoms with Crippen molar-refractivity contribution >= 4 is 17.5 Å². The maximum absolute atomic E-state index is 12.5. The van der Waals surface area contributed by atoms with Gasteiger partial charge in [-0.3, -0.25) is 9.59 Å². The van der Waals surface area contributed by atoms with Gasteiger partial charge in [0.15, 0.2) is 0 Å². The highest BCUT2D eigenvalue weighted by molar-refractivity contribution is 5.99. The lowest BCUT2D eigenvalue weighted by molar-refractivity contribution is -0.129. The van der Waals surface area contributed by atoms with Gasteiger partial charge in [-0.1, -0.05) is 18.2 Å². The van der Waals surface area contributed by atoms with E-state index >= 15 is 0 Å². The van der Waals surface area contributed by atoms with Crippen molar-refractivity contribution in [3.8, 4) is 0 Å². The average Bonchev–Trinajstić information content (AvgIpc) is 2.55. The first kappa shape index (κ1) is 16.5. The number of hydrogen-bond donors (Lipinski definition) is 2. The summed E-state index contributed by atoms with van der Waals surface area (Å²) < 4.78 is 5.10. The molecule has 2 unspecified atom stereocenters. The van der Waals surface area contributed by atoms with Gasteiger partial charge in [-0.25, -0.2) is 0 Å². The summed E-state index contributed by atoms with van der Waals surface area (Å²) in [5, 5.41) is 2.80. The van der Waals surface area contributed by atoms with Crippen molar-refractivity contribution in [3.05, 3.63) is 30.3 Å². The van der Waals surface area contributed by atoms with Crippen LogP contribution >= 0.6 is 0 Å². The maximum atomic E-state index is 12.5. The minimum Gasteiger partial charge on any atom is -0.380 e. The smallest absolute Gasteiger partial charge is 0.249 e. The van der Waals surface area contributed by atoms with Gasteiger partial charge in [0.25, 0.3) is 0 Å². The minimum atomic E-state index is -0.475. The maximum Gasteiger partial charge on any atom is 0.249 e. The van der Waals surface area contributed by atoms with E-state index in [9.17, 15) is 9.59 Å². The molecule has 2 amide bonds. The molecule has 1 aliphatic rings. The van der Waals surface area contributed by atoms with Gasteiger partial charge in [-0.2, -0.15) is 0 Å². The largest absolute Gasteiger partial charge is 0.380 e. The number of carbonyl (C=O) groups excluding carboxylic acids is 2. The number of para-hydroxylation sites is 1. The molecule has 22 heavy (non-hydrogen) atoms. The average molecular weight is 305 g/mol. The highest BCUT2D eigenvalue weighted by Gasteiger charge is 2.30. The Hall–Kier alpha value is -1.92. The molecule has 2 rings (SSSR count). The third kappa shape index (κ3) is 4.05. The van der Waals surface area contributed by atoms with Crippen molar-refractivity contribution in [1.29, 1.82) is 0 Å². The molecule has 1 saturated heterocycles. The Bertz CT molecular complexity index is 503. The highest BCUT2D eigenvalue weighted by Crippen LogP contribution is 2.20. The molecule has 0 bridgehead atoms. The predicted molar refractivity (Wildman–Crippen MR) is 84.4 cm³/mol. The number of nitrogens with two attached hydrogens (primary N) is 1. The summed E-state index contributed by atoms with van der Waals surface area (Å²) >= 11 is 0. The molecule has 0 spiro atoms. The highest BCUT2D eigenvalue weighted by atomic mass is 16.5. The third-order valence-corrected chi connectivity index (χ3v) is 3.85. The molecule has 0 aromatic heterocycles. The first-order chi connectivity index (χ1) is 10.7. The van der Waals surface area contributed by atoms with E-state index in [2.05, 4.69) is 5.32 Å². The predicted octanol–water partition coefficient (Wildman–Crippen LogP) is 0.662. The number of rotatable bonds is 6. The number of ether oxygens (including phenoxy) is 1. The summed E-state index contributed by atoms with van der Waals surface area (Å²) in [7, 11) is 1.52. The van der Waals surface area contributed by atoms with E-state index < -0.39 is 6.04 Å². The molecule has 3 N–H and O–H groups in total. The zero-order valence-corrected chi connectivity index (χ0v) is 12.8. The van der Waals surface area contributed by atoms with Gasteiger partial charge in [0, 0.05) is 25.9 Å². The SMILES string of the molecule is COC(CN)CC(=O)NC1CCCN(c2ccccc2)C1=O. The second-order valence-electron chi connectivity index (χ2n) is 5.39. The zero-order valence-electron chi connectivity index (χ0n) is 12.8. The first-order valence-corrected chi connectivity index (χ1v) is 7.54. The van der Waals surface area contributed by atoms with Crippen LogP contribution in [0.15, 0.2) is 30.3 Å². The summed E-state index contributed by atoms with van der Waals surface area (Å²) in [5.74, 6) is -0.266. The zero-order chi connectivity index (χ0) is 15.9. The molecule has 1 aliphatic heterocycles. The lowest BCUT2D eigenvalue weighted by atomic mass is 10.0. The Morgan fingerprint density at radius 2 is 2.18 bits per heavy atom. The lowest BCUT2D eigenvalue weighted by Gasteiger charge is -2.32. The van der Waals surface area contributed by atoms with Crippen molar-refractivity contribution < 1.29 is 14.3 Å². The fourth-order valence-corrected chi connectivity index (χ4v) is 2.60. The molecule has 1 aromatic rings. The fraction of sp³-hybridized carbons (Fsp3) is 0.500. The van der Waals surface area contributed by atoms with Crippen molar-refractivity contribution in [2.75, 3.05) is 25.1 Å². The van der Waals surface area contributed by atoms with Crippen molar-refractivity contribution in [1.82, 2.24) is 5.32 Å². The molecule has 6 nitrogen and oxygen atoms in total. The van der Waals surface area contributed by atoms with Crippen LogP contribution in [0.2, 0.25) is 0 Å². The van der Waals surface area contributed by atoms with Gasteiger partial charge < -0.3 is 20.7 Å². The van der Waals surface area contributed by atoms with E-state index in [-0.39, 0.29) is 30.9 Å². The number of nitrogens with one attached hydrogen (secondary N) is 1. The van der Waals surface area contributed by atoms with Crippen LogP contribution in [0.4, 0.5) is 5.69 Å². The van der Waals surface area contributed by atoms with Crippen LogP contribution < -0.4 is 16.0 Å². The van der Waals surface area contributed by atoms with Gasteiger partial charge in [-0.15, -0.1) is 0 Å². The topological polar surface area (TPSA) is 84.7 Å². The molecule has 0 aliphatic carbocycles. The van der Waals surface area contributed by atoms with Gasteiger partial charge in [-0.05, 0) is 25.0 Å². The molecule has 120 valence electrons. The Balaban J connectivity index is 1.97. The number of anilines is 1. The number of amides is 2. The first-order valence-electron chi connectivity index (χ1n) is 7.54. The fourth-order valence-electron chi connectivity index (χ4n) is 2.60. The second-order valence-corrected chi connectivity index (χ2v) is 5.39.